The van der Waals surface area contributed by atoms with Crippen molar-refractivity contribution in [1.82, 2.24) is 0 Å². The predicted molar refractivity (Wildman–Crippen MR) is 518 cm³/mol. The van der Waals surface area contributed by atoms with Crippen LogP contribution >= 0.6 is 45.3 Å². The van der Waals surface area contributed by atoms with E-state index in [4.69, 9.17) is 11.2 Å². The number of anilines is 2. The number of rotatable bonds is 24. The summed E-state index contributed by atoms with van der Waals surface area (Å²) in [5.74, 6) is 5.28. The van der Waals surface area contributed by atoms with Gasteiger partial charge in [-0.25, -0.2) is 0 Å². The van der Waals surface area contributed by atoms with Gasteiger partial charge in [0.15, 0.2) is 0 Å². The molecule has 0 bridgehead atoms. The quantitative estimate of drug-likeness (QED) is 0.0593. The van der Waals surface area contributed by atoms with Gasteiger partial charge in [0, 0.05) is 56.8 Å². The van der Waals surface area contributed by atoms with Gasteiger partial charge in [-0.05, 0) is 297 Å². The first kappa shape index (κ1) is 85.4. The number of aliphatic hydroxyl groups excluding tert-OH is 1. The lowest BCUT2D eigenvalue weighted by atomic mass is 9.97. The summed E-state index contributed by atoms with van der Waals surface area (Å²) >= 11 is 7.41. The maximum Gasteiger partial charge on any atom is 0.119 e. The van der Waals surface area contributed by atoms with Gasteiger partial charge < -0.3 is 15.2 Å². The molecule has 0 aliphatic heterocycles. The molecule has 0 aliphatic carbocycles. The van der Waals surface area contributed by atoms with Crippen molar-refractivity contribution in [2.24, 2.45) is 0 Å². The molecule has 7 heteroatoms. The molecular weight excluding hydrogens is 1520 g/mol. The smallest absolute Gasteiger partial charge is 0.119 e. The first-order valence-electron chi connectivity index (χ1n) is 41.8. The van der Waals surface area contributed by atoms with Crippen LogP contribution in [0.15, 0.2) is 328 Å². The minimum atomic E-state index is -0.435. The van der Waals surface area contributed by atoms with Gasteiger partial charge in [0.25, 0.3) is 0 Å². The van der Waals surface area contributed by atoms with Gasteiger partial charge in [-0.2, -0.15) is 0 Å². The van der Waals surface area contributed by atoms with Gasteiger partial charge in [-0.15, -0.1) is 57.7 Å². The van der Waals surface area contributed by atoms with Crippen LogP contribution in [0.1, 0.15) is 170 Å². The third-order valence-electron chi connectivity index (χ3n) is 21.7. The second-order valence-corrected chi connectivity index (χ2v) is 36.1. The molecule has 0 spiro atoms. The lowest BCUT2D eigenvalue weighted by molar-refractivity contribution is 0.199. The summed E-state index contributed by atoms with van der Waals surface area (Å²) in [5, 5.41) is 13.4. The lowest BCUT2D eigenvalue weighted by Crippen LogP contribution is -1.94. The number of ether oxygens (including phenoxy) is 1. The SMILES string of the molecule is C#CCc1ccc(-c2ccc(-c3cccc(Cc4cccc(C(C)C)c4)c3)s2)cc1.CCOc1ccc(-c2ccc(-c3cccc(Cc4cccc(C(C)C)c4)c3)s2)c(C)c1.CCc1ccccc1-c1ccc(-c2cccc(Nc3cccc(C(C)C)c3)c2)s1.Cc1cccc(C)c1-c1ccc(-c2cccc(Cc3cccc(C(C)O)c3)c2)s1. The molecule has 4 aromatic heterocycles. The molecule has 0 amide bonds. The molecule has 16 aromatic rings. The third-order valence-corrected chi connectivity index (χ3v) is 26.3. The van der Waals surface area contributed by atoms with Crippen LogP contribution in [0.3, 0.4) is 0 Å². The van der Waals surface area contributed by atoms with Gasteiger partial charge in [0.2, 0.25) is 0 Å². The van der Waals surface area contributed by atoms with E-state index in [1.807, 2.05) is 71.3 Å². The number of hydrogen-bond acceptors (Lipinski definition) is 7. The Bertz CT molecular complexity index is 6040. The van der Waals surface area contributed by atoms with Crippen molar-refractivity contribution < 1.29 is 9.84 Å². The largest absolute Gasteiger partial charge is 0.494 e. The van der Waals surface area contributed by atoms with E-state index in [1.165, 1.54) is 161 Å². The Morgan fingerprint density at radius 2 is 0.714 bits per heavy atom. The predicted octanol–water partition coefficient (Wildman–Crippen LogP) is 32.3. The molecule has 2 N–H and O–H groups in total. The molecule has 119 heavy (non-hydrogen) atoms. The zero-order valence-electron chi connectivity index (χ0n) is 70.8. The highest BCUT2D eigenvalue weighted by molar-refractivity contribution is 7.20. The third kappa shape index (κ3) is 23.1. The van der Waals surface area contributed by atoms with E-state index in [9.17, 15) is 5.11 Å². The second kappa shape index (κ2) is 41.3. The Labute approximate surface area is 724 Å². The molecular formula is C112H109NO2S4. The van der Waals surface area contributed by atoms with Crippen LogP contribution in [0.2, 0.25) is 0 Å². The fourth-order valence-corrected chi connectivity index (χ4v) is 19.4. The normalized spacial score (nSPS) is 11.3. The first-order chi connectivity index (χ1) is 57.8. The van der Waals surface area contributed by atoms with Crippen LogP contribution in [0.25, 0.3) is 83.5 Å². The van der Waals surface area contributed by atoms with Crippen molar-refractivity contribution in [2.45, 2.75) is 139 Å². The van der Waals surface area contributed by atoms with Crippen LogP contribution in [-0.4, -0.2) is 11.7 Å². The fourth-order valence-electron chi connectivity index (χ4n) is 15.1. The average Bonchev–Trinajstić information content (AvgIpc) is 1.69. The summed E-state index contributed by atoms with van der Waals surface area (Å²) in [6.07, 6.45) is 9.50. The van der Waals surface area contributed by atoms with Crippen LogP contribution in [0, 0.1) is 33.1 Å². The van der Waals surface area contributed by atoms with Gasteiger partial charge in [-0.1, -0.05) is 285 Å². The zero-order chi connectivity index (χ0) is 83.3. The monoisotopic (exact) mass is 1630 g/mol. The van der Waals surface area contributed by atoms with Crippen LogP contribution in [0.5, 0.6) is 5.75 Å². The zero-order valence-corrected chi connectivity index (χ0v) is 74.1. The van der Waals surface area contributed by atoms with E-state index in [-0.39, 0.29) is 0 Å². The highest BCUT2D eigenvalue weighted by atomic mass is 32.1. The van der Waals surface area contributed by atoms with Crippen molar-refractivity contribution in [3.8, 4) is 102 Å². The summed E-state index contributed by atoms with van der Waals surface area (Å²) in [7, 11) is 0. The van der Waals surface area contributed by atoms with Gasteiger partial charge >= 0.3 is 0 Å². The molecule has 0 saturated carbocycles. The Balaban J connectivity index is 0.000000137. The van der Waals surface area contributed by atoms with E-state index in [2.05, 4.69) is 396 Å². The van der Waals surface area contributed by atoms with Crippen LogP contribution in [0.4, 0.5) is 11.4 Å². The molecule has 1 atom stereocenters. The maximum atomic E-state index is 9.84. The Kier molecular flexibility index (Phi) is 29.7. The number of aryl methyl sites for hydroxylation is 4. The highest BCUT2D eigenvalue weighted by Gasteiger charge is 2.16. The van der Waals surface area contributed by atoms with Gasteiger partial charge in [0.1, 0.15) is 5.75 Å². The molecule has 0 aliphatic rings. The van der Waals surface area contributed by atoms with Crippen molar-refractivity contribution in [3.05, 3.63) is 411 Å². The van der Waals surface area contributed by atoms with E-state index in [0.717, 1.165) is 48.4 Å². The molecule has 1 unspecified atom stereocenters. The van der Waals surface area contributed by atoms with E-state index in [0.29, 0.717) is 30.8 Å². The second-order valence-electron chi connectivity index (χ2n) is 31.8. The van der Waals surface area contributed by atoms with Crippen LogP contribution < -0.4 is 10.1 Å². The van der Waals surface area contributed by atoms with Crippen molar-refractivity contribution in [1.29, 1.82) is 0 Å². The standard InChI is InChI=1S/C29H30OS.C29H26S.C27H27NS.C27H26OS/c1-5-30-26-12-13-27(21(4)16-26)29-15-14-28(31-29)25-11-7-9-23(19-25)17-22-8-6-10-24(18-22)20(2)3;1-4-7-22-12-14-25(15-13-22)28-16-17-29(30-28)27-11-6-9-24(20-27)18-23-8-5-10-26(19-23)21(2)3;1-4-20-9-5-6-14-25(20)27-16-15-26(29-27)22-11-8-13-24(18-22)28-23-12-7-10-21(17-23)19(2)3;1-18-7-4-8-19(2)27(18)26-14-13-25(29-26)24-12-6-10-22(17-24)15-21-9-5-11-23(16-21)20(3)28/h6-16,18-20H,5,17H2,1-4H3;1,5-6,8-17,19-21H,7,18H2,2-3H3;5-19,28H,4H2,1-3H3;4-14,16-17,20,28H,15H2,1-3H3. The number of aliphatic hydroxyl groups is 1. The van der Waals surface area contributed by atoms with Crippen molar-refractivity contribution in [3.63, 3.8) is 0 Å². The van der Waals surface area contributed by atoms with Crippen LogP contribution in [-0.2, 0) is 32.1 Å². The van der Waals surface area contributed by atoms with E-state index in [1.54, 1.807) is 0 Å². The molecule has 4 heterocycles. The average molecular weight is 1630 g/mol. The first-order valence-corrected chi connectivity index (χ1v) is 45.1. The number of terminal acetylenes is 1. The lowest BCUT2D eigenvalue weighted by Gasteiger charge is -2.11. The molecule has 0 fully saturated rings. The molecule has 0 radical (unpaired) electrons. The number of benzene rings is 12. The van der Waals surface area contributed by atoms with Crippen molar-refractivity contribution >= 4 is 56.7 Å². The molecule has 16 rings (SSSR count). The summed E-state index contributed by atoms with van der Waals surface area (Å²) in [6.45, 7) is 26.7. The number of hydrogen-bond donors (Lipinski definition) is 2. The summed E-state index contributed by atoms with van der Waals surface area (Å²) in [4.78, 5) is 10.4. The molecule has 12 aromatic carbocycles. The topological polar surface area (TPSA) is 41.5 Å². The number of nitrogens with one attached hydrogen (secondary N) is 1. The summed E-state index contributed by atoms with van der Waals surface area (Å²) in [5.41, 5.74) is 32.1. The number of thiophene rings is 4. The molecule has 598 valence electrons. The molecule has 0 saturated heterocycles. The maximum absolute atomic E-state index is 9.84. The molecule has 3 nitrogen and oxygen atoms in total. The van der Waals surface area contributed by atoms with E-state index >= 15 is 0 Å². The minimum absolute atomic E-state index is 0.435. The Morgan fingerprint density at radius 1 is 0.328 bits per heavy atom. The Morgan fingerprint density at radius 3 is 1.19 bits per heavy atom. The fraction of sp³-hybridized carbons (Fsp3) is 0.196. The highest BCUT2D eigenvalue weighted by Crippen LogP contribution is 2.42. The van der Waals surface area contributed by atoms with Gasteiger partial charge in [0.05, 0.1) is 12.7 Å². The Hall–Kier alpha value is -11.4. The summed E-state index contributed by atoms with van der Waals surface area (Å²) < 4.78 is 5.64. The minimum Gasteiger partial charge on any atom is -0.494 e. The summed E-state index contributed by atoms with van der Waals surface area (Å²) in [6, 6.07) is 118. The van der Waals surface area contributed by atoms with Crippen molar-refractivity contribution in [2.75, 3.05) is 11.9 Å². The van der Waals surface area contributed by atoms with Gasteiger partial charge in [-0.3, -0.25) is 0 Å². The van der Waals surface area contributed by atoms with E-state index < -0.39 is 6.10 Å².